The van der Waals surface area contributed by atoms with Gasteiger partial charge in [0.25, 0.3) is 5.91 Å². The van der Waals surface area contributed by atoms with Gasteiger partial charge in [-0.2, -0.15) is 10.2 Å². The molecule has 3 aromatic heterocycles. The maximum atomic E-state index is 13.1. The SMILES string of the molecule is COc1cc2nn(C3CCC(CC(=O)N(C)C)CC3)cc2cc1C(=O)Nc1cnn2cccnc12. The van der Waals surface area contributed by atoms with E-state index < -0.39 is 0 Å². The van der Waals surface area contributed by atoms with Gasteiger partial charge in [0.15, 0.2) is 5.65 Å². The van der Waals surface area contributed by atoms with Crippen LogP contribution in [-0.4, -0.2) is 62.3 Å². The highest BCUT2D eigenvalue weighted by molar-refractivity contribution is 6.09. The van der Waals surface area contributed by atoms with Gasteiger partial charge in [0.1, 0.15) is 11.4 Å². The second-order valence-corrected chi connectivity index (χ2v) is 9.29. The Bertz CT molecular complexity index is 1380. The van der Waals surface area contributed by atoms with E-state index in [2.05, 4.69) is 15.4 Å². The molecule has 0 radical (unpaired) electrons. The fourth-order valence-corrected chi connectivity index (χ4v) is 4.75. The van der Waals surface area contributed by atoms with Gasteiger partial charge in [-0.3, -0.25) is 14.3 Å². The van der Waals surface area contributed by atoms with Crippen LogP contribution in [0.5, 0.6) is 5.75 Å². The fraction of sp³-hybridized carbons (Fsp3) is 0.400. The first kappa shape index (κ1) is 22.8. The van der Waals surface area contributed by atoms with E-state index in [1.807, 2.05) is 16.9 Å². The average Bonchev–Trinajstić information content (AvgIpc) is 3.47. The van der Waals surface area contributed by atoms with Gasteiger partial charge in [0, 0.05) is 50.6 Å². The molecule has 0 bridgehead atoms. The molecule has 1 fully saturated rings. The van der Waals surface area contributed by atoms with Crippen LogP contribution >= 0.6 is 0 Å². The number of aromatic nitrogens is 5. The lowest BCUT2D eigenvalue weighted by atomic mass is 9.84. The highest BCUT2D eigenvalue weighted by Gasteiger charge is 2.26. The Kier molecular flexibility index (Phi) is 6.10. The smallest absolute Gasteiger partial charge is 0.259 e. The van der Waals surface area contributed by atoms with E-state index in [0.29, 0.717) is 35.0 Å². The fourth-order valence-electron chi connectivity index (χ4n) is 4.75. The Hall–Kier alpha value is -3.95. The van der Waals surface area contributed by atoms with E-state index in [9.17, 15) is 9.59 Å². The van der Waals surface area contributed by atoms with Crippen molar-refractivity contribution >= 4 is 34.1 Å². The molecule has 3 heterocycles. The lowest BCUT2D eigenvalue weighted by Crippen LogP contribution is -2.26. The Balaban J connectivity index is 1.34. The molecule has 4 aromatic rings. The molecule has 1 aliphatic carbocycles. The van der Waals surface area contributed by atoms with Crippen LogP contribution in [0.15, 0.2) is 43.0 Å². The maximum Gasteiger partial charge on any atom is 0.259 e. The summed E-state index contributed by atoms with van der Waals surface area (Å²) in [4.78, 5) is 31.1. The summed E-state index contributed by atoms with van der Waals surface area (Å²) in [5, 5.41) is 12.8. The number of hydrogen-bond donors (Lipinski definition) is 1. The second kappa shape index (κ2) is 9.36. The first-order valence-electron chi connectivity index (χ1n) is 11.8. The quantitative estimate of drug-likeness (QED) is 0.457. The monoisotopic (exact) mass is 475 g/mol. The molecule has 1 saturated carbocycles. The molecule has 0 aliphatic heterocycles. The minimum Gasteiger partial charge on any atom is -0.496 e. The van der Waals surface area contributed by atoms with Crippen molar-refractivity contribution in [3.05, 3.63) is 48.5 Å². The molecule has 1 aromatic carbocycles. The van der Waals surface area contributed by atoms with Crippen LogP contribution in [0.25, 0.3) is 16.6 Å². The van der Waals surface area contributed by atoms with Crippen molar-refractivity contribution in [2.24, 2.45) is 5.92 Å². The van der Waals surface area contributed by atoms with E-state index in [-0.39, 0.29) is 17.9 Å². The third-order valence-corrected chi connectivity index (χ3v) is 6.77. The predicted octanol–water partition coefficient (Wildman–Crippen LogP) is 3.55. The zero-order valence-corrected chi connectivity index (χ0v) is 20.1. The lowest BCUT2D eigenvalue weighted by molar-refractivity contribution is -0.130. The third-order valence-electron chi connectivity index (χ3n) is 6.77. The summed E-state index contributed by atoms with van der Waals surface area (Å²) in [6, 6.07) is 5.67. The molecular formula is C25H29N7O3. The third kappa shape index (κ3) is 4.55. The van der Waals surface area contributed by atoms with E-state index >= 15 is 0 Å². The van der Waals surface area contributed by atoms with Gasteiger partial charge in [-0.05, 0) is 43.7 Å². The number of nitrogens with zero attached hydrogens (tertiary/aromatic N) is 6. The first-order chi connectivity index (χ1) is 16.9. The zero-order valence-electron chi connectivity index (χ0n) is 20.1. The summed E-state index contributed by atoms with van der Waals surface area (Å²) in [5.41, 5.74) is 2.29. The minimum atomic E-state index is -0.303. The summed E-state index contributed by atoms with van der Waals surface area (Å²) in [5.74, 6) is 0.769. The minimum absolute atomic E-state index is 0.191. The number of carbonyl (C=O) groups is 2. The standard InChI is InChI=1S/C25H29N7O3/c1-30(2)23(33)11-16-5-7-18(8-6-16)32-15-17-12-19(22(35-3)13-20(17)29-32)25(34)28-21-14-27-31-10-4-9-26-24(21)31/h4,9-10,12-16,18H,5-8,11H2,1-3H3,(H,28,34). The molecular weight excluding hydrogens is 446 g/mol. The lowest BCUT2D eigenvalue weighted by Gasteiger charge is -2.29. The Morgan fingerprint density at radius 2 is 2.00 bits per heavy atom. The first-order valence-corrected chi connectivity index (χ1v) is 11.8. The summed E-state index contributed by atoms with van der Waals surface area (Å²) in [6.07, 6.45) is 11.6. The van der Waals surface area contributed by atoms with Gasteiger partial charge in [0.05, 0.1) is 30.4 Å². The van der Waals surface area contributed by atoms with Crippen LogP contribution in [0, 0.1) is 5.92 Å². The number of carbonyl (C=O) groups excluding carboxylic acids is 2. The van der Waals surface area contributed by atoms with Gasteiger partial charge in [-0.1, -0.05) is 0 Å². The molecule has 0 unspecified atom stereocenters. The molecule has 1 N–H and O–H groups in total. The number of rotatable bonds is 6. The predicted molar refractivity (Wildman–Crippen MR) is 132 cm³/mol. The number of nitrogens with one attached hydrogen (secondary N) is 1. The van der Waals surface area contributed by atoms with Crippen molar-refractivity contribution in [2.75, 3.05) is 26.5 Å². The largest absolute Gasteiger partial charge is 0.496 e. The number of anilines is 1. The maximum absolute atomic E-state index is 13.1. The number of fused-ring (bicyclic) bond motifs is 2. The number of ether oxygens (including phenoxy) is 1. The number of hydrogen-bond acceptors (Lipinski definition) is 6. The number of benzene rings is 1. The van der Waals surface area contributed by atoms with Crippen LogP contribution in [0.4, 0.5) is 5.69 Å². The van der Waals surface area contributed by atoms with E-state index in [1.165, 1.54) is 0 Å². The second-order valence-electron chi connectivity index (χ2n) is 9.29. The summed E-state index contributed by atoms with van der Waals surface area (Å²) < 4.78 is 9.13. The summed E-state index contributed by atoms with van der Waals surface area (Å²) >= 11 is 0. The van der Waals surface area contributed by atoms with Gasteiger partial charge in [-0.25, -0.2) is 9.50 Å². The molecule has 182 valence electrons. The van der Waals surface area contributed by atoms with Crippen molar-refractivity contribution in [1.29, 1.82) is 0 Å². The van der Waals surface area contributed by atoms with Crippen molar-refractivity contribution in [1.82, 2.24) is 29.3 Å². The van der Waals surface area contributed by atoms with Crippen LogP contribution in [0.3, 0.4) is 0 Å². The van der Waals surface area contributed by atoms with Crippen LogP contribution in [-0.2, 0) is 4.79 Å². The van der Waals surface area contributed by atoms with Gasteiger partial charge < -0.3 is 15.0 Å². The zero-order chi connectivity index (χ0) is 24.5. The average molecular weight is 476 g/mol. The highest BCUT2D eigenvalue weighted by Crippen LogP contribution is 2.35. The molecule has 35 heavy (non-hydrogen) atoms. The number of amides is 2. The van der Waals surface area contributed by atoms with E-state index in [1.54, 1.807) is 61.3 Å². The molecule has 0 saturated heterocycles. The van der Waals surface area contributed by atoms with Crippen molar-refractivity contribution in [2.45, 2.75) is 38.1 Å². The molecule has 2 amide bonds. The van der Waals surface area contributed by atoms with Crippen molar-refractivity contribution < 1.29 is 14.3 Å². The van der Waals surface area contributed by atoms with Crippen LogP contribution in [0.1, 0.15) is 48.5 Å². The van der Waals surface area contributed by atoms with Gasteiger partial charge in [0.2, 0.25) is 5.91 Å². The Morgan fingerprint density at radius 3 is 2.74 bits per heavy atom. The van der Waals surface area contributed by atoms with Crippen molar-refractivity contribution in [3.8, 4) is 5.75 Å². The van der Waals surface area contributed by atoms with Crippen LogP contribution < -0.4 is 10.1 Å². The van der Waals surface area contributed by atoms with Gasteiger partial charge >= 0.3 is 0 Å². The summed E-state index contributed by atoms with van der Waals surface area (Å²) in [6.45, 7) is 0. The molecule has 0 atom stereocenters. The van der Waals surface area contributed by atoms with Crippen LogP contribution in [0.2, 0.25) is 0 Å². The topological polar surface area (TPSA) is 107 Å². The van der Waals surface area contributed by atoms with Crippen molar-refractivity contribution in [3.63, 3.8) is 0 Å². The van der Waals surface area contributed by atoms with E-state index in [4.69, 9.17) is 9.84 Å². The number of methoxy groups -OCH3 is 1. The van der Waals surface area contributed by atoms with Gasteiger partial charge in [-0.15, -0.1) is 0 Å². The molecule has 0 spiro atoms. The Morgan fingerprint density at radius 1 is 1.20 bits per heavy atom. The highest BCUT2D eigenvalue weighted by atomic mass is 16.5. The Labute approximate surface area is 202 Å². The molecule has 1 aliphatic rings. The summed E-state index contributed by atoms with van der Waals surface area (Å²) in [7, 11) is 5.16. The molecule has 10 nitrogen and oxygen atoms in total. The normalized spacial score (nSPS) is 18.0. The molecule has 10 heteroatoms. The molecule has 5 rings (SSSR count). The van der Waals surface area contributed by atoms with E-state index in [0.717, 1.165) is 36.6 Å².